The zero-order valence-corrected chi connectivity index (χ0v) is 24.9. The molecule has 6 rings (SSSR count). The minimum Gasteiger partial charge on any atom is -0.478 e. The molecule has 1 aliphatic rings. The Morgan fingerprint density at radius 3 is 2.56 bits per heavy atom. The third-order valence-corrected chi connectivity index (χ3v) is 7.76. The van der Waals surface area contributed by atoms with Crippen molar-refractivity contribution in [3.8, 4) is 22.6 Å². The number of hydrogen-bond acceptors (Lipinski definition) is 7. The highest BCUT2D eigenvalue weighted by molar-refractivity contribution is 6.30. The van der Waals surface area contributed by atoms with Gasteiger partial charge in [-0.3, -0.25) is 4.79 Å². The summed E-state index contributed by atoms with van der Waals surface area (Å²) in [6.45, 7) is 3.57. The molecule has 2 heterocycles. The highest BCUT2D eigenvalue weighted by atomic mass is 35.5. The molecule has 5 aromatic rings. The van der Waals surface area contributed by atoms with E-state index in [0.717, 1.165) is 16.7 Å². The van der Waals surface area contributed by atoms with Gasteiger partial charge in [0.1, 0.15) is 11.6 Å². The number of nitrogens with zero attached hydrogens (tertiary/aromatic N) is 1. The molecule has 0 saturated carbocycles. The highest BCUT2D eigenvalue weighted by Gasteiger charge is 2.42. The second kappa shape index (κ2) is 12.0. The Bertz CT molecular complexity index is 1910. The minimum atomic E-state index is -1.38. The highest BCUT2D eigenvalue weighted by Crippen LogP contribution is 2.49. The van der Waals surface area contributed by atoms with Gasteiger partial charge in [0.15, 0.2) is 17.9 Å². The number of carboxylic acids is 1. The fourth-order valence-corrected chi connectivity index (χ4v) is 5.44. The van der Waals surface area contributed by atoms with Crippen LogP contribution in [0.4, 0.5) is 15.8 Å². The number of anilines is 2. The van der Waals surface area contributed by atoms with Crippen molar-refractivity contribution in [1.29, 1.82) is 0 Å². The normalized spacial score (nSPS) is 15.1. The van der Waals surface area contributed by atoms with E-state index in [-0.39, 0.29) is 35.0 Å². The van der Waals surface area contributed by atoms with Crippen LogP contribution in [-0.2, 0) is 23.5 Å². The first-order valence-electron chi connectivity index (χ1n) is 13.9. The van der Waals surface area contributed by atoms with E-state index in [2.05, 4.69) is 15.6 Å². The van der Waals surface area contributed by atoms with Crippen molar-refractivity contribution >= 4 is 34.9 Å². The predicted octanol–water partition coefficient (Wildman–Crippen LogP) is 7.58. The Balaban J connectivity index is 1.18. The van der Waals surface area contributed by atoms with Crippen LogP contribution < -0.4 is 20.1 Å². The first kappa shape index (κ1) is 29.7. The summed E-state index contributed by atoms with van der Waals surface area (Å²) >= 11 is 5.93. The first-order valence-corrected chi connectivity index (χ1v) is 14.3. The van der Waals surface area contributed by atoms with Crippen molar-refractivity contribution in [2.45, 2.75) is 32.6 Å². The quantitative estimate of drug-likeness (QED) is 0.153. The summed E-state index contributed by atoms with van der Waals surface area (Å²) < 4.78 is 32.3. The van der Waals surface area contributed by atoms with Gasteiger partial charge in [-0.05, 0) is 60.0 Å². The second-order valence-corrected chi connectivity index (χ2v) is 11.1. The number of nitrogens with one attached hydrogen (secondary N) is 2. The third kappa shape index (κ3) is 6.05. The molecule has 4 aromatic carbocycles. The SMILES string of the molecule is Cc1c(C(=O)O)ccc(NC(=O)Cc2ccc(-c3cccc4c3OC(C)(c3ccc(Cl)cc3F)O4)cc2)c1NCc1cnco1. The number of hydrogen-bond donors (Lipinski definition) is 3. The van der Waals surface area contributed by atoms with Gasteiger partial charge in [-0.15, -0.1) is 0 Å². The average molecular weight is 628 g/mol. The molecule has 1 atom stereocenters. The number of ether oxygens (including phenoxy) is 2. The molecule has 45 heavy (non-hydrogen) atoms. The predicted molar refractivity (Wildman–Crippen MR) is 166 cm³/mol. The van der Waals surface area contributed by atoms with E-state index in [4.69, 9.17) is 25.5 Å². The lowest BCUT2D eigenvalue weighted by Crippen LogP contribution is -2.32. The zero-order valence-electron chi connectivity index (χ0n) is 24.2. The molecule has 9 nitrogen and oxygen atoms in total. The Morgan fingerprint density at radius 2 is 1.84 bits per heavy atom. The van der Waals surface area contributed by atoms with E-state index in [1.54, 1.807) is 44.3 Å². The van der Waals surface area contributed by atoms with Crippen LogP contribution in [0.2, 0.25) is 5.02 Å². The minimum absolute atomic E-state index is 0.0714. The molecule has 0 aliphatic carbocycles. The number of carbonyl (C=O) groups excluding carboxylic acids is 1. The number of carboxylic acid groups (broad SMARTS) is 1. The Hall–Kier alpha value is -5.35. The van der Waals surface area contributed by atoms with E-state index in [1.807, 2.05) is 36.4 Å². The van der Waals surface area contributed by atoms with Gasteiger partial charge in [-0.2, -0.15) is 0 Å². The van der Waals surface area contributed by atoms with Crippen LogP contribution in [-0.4, -0.2) is 22.0 Å². The van der Waals surface area contributed by atoms with Crippen molar-refractivity contribution in [1.82, 2.24) is 4.98 Å². The number of rotatable bonds is 9. The monoisotopic (exact) mass is 627 g/mol. The van der Waals surface area contributed by atoms with Crippen LogP contribution in [0, 0.1) is 12.7 Å². The topological polar surface area (TPSA) is 123 Å². The van der Waals surface area contributed by atoms with Crippen LogP contribution in [0.25, 0.3) is 11.1 Å². The number of fused-ring (bicyclic) bond motifs is 1. The van der Waals surface area contributed by atoms with Crippen molar-refractivity contribution in [2.75, 3.05) is 10.6 Å². The van der Waals surface area contributed by atoms with Crippen LogP contribution in [0.3, 0.4) is 0 Å². The molecular weight excluding hydrogens is 601 g/mol. The number of carbonyl (C=O) groups is 2. The number of para-hydroxylation sites is 1. The molecule has 11 heteroatoms. The Kier molecular flexibility index (Phi) is 7.90. The number of aromatic carboxylic acids is 1. The zero-order chi connectivity index (χ0) is 31.7. The van der Waals surface area contributed by atoms with Gasteiger partial charge in [-0.1, -0.05) is 48.0 Å². The molecule has 3 N–H and O–H groups in total. The summed E-state index contributed by atoms with van der Waals surface area (Å²) in [5, 5.41) is 15.9. The Labute approximate surface area is 262 Å². The van der Waals surface area contributed by atoms with Crippen molar-refractivity contribution in [3.05, 3.63) is 124 Å². The van der Waals surface area contributed by atoms with Gasteiger partial charge >= 0.3 is 5.97 Å². The lowest BCUT2D eigenvalue weighted by atomic mass is 10.0. The third-order valence-electron chi connectivity index (χ3n) is 7.52. The van der Waals surface area contributed by atoms with E-state index < -0.39 is 17.6 Å². The summed E-state index contributed by atoms with van der Waals surface area (Å²) in [6, 6.07) is 20.2. The van der Waals surface area contributed by atoms with Gasteiger partial charge in [0.2, 0.25) is 5.91 Å². The molecule has 0 fully saturated rings. The largest absolute Gasteiger partial charge is 0.478 e. The molecule has 1 amide bonds. The standard InChI is InChI=1S/C34H27ClFN3O6/c1-19-24(33(41)42)11-13-28(31(19)38-17-23-16-37-18-43-23)39-30(40)14-20-6-8-21(9-7-20)25-4-3-5-29-32(25)45-34(2,44-29)26-12-10-22(35)15-27(26)36/h3-13,15-16,18,38H,14,17H2,1-2H3,(H,39,40)(H,41,42). The number of halogens is 2. The van der Waals surface area contributed by atoms with Crippen LogP contribution in [0.5, 0.6) is 11.5 Å². The first-order chi connectivity index (χ1) is 21.6. The molecule has 1 aliphatic heterocycles. The summed E-state index contributed by atoms with van der Waals surface area (Å²) in [7, 11) is 0. The average Bonchev–Trinajstić information content (AvgIpc) is 3.64. The summed E-state index contributed by atoms with van der Waals surface area (Å²) in [5.41, 5.74) is 4.04. The number of amides is 1. The van der Waals surface area contributed by atoms with Gasteiger partial charge < -0.3 is 29.6 Å². The van der Waals surface area contributed by atoms with Crippen molar-refractivity contribution < 1.29 is 33.0 Å². The number of aromatic nitrogens is 1. The maximum absolute atomic E-state index is 14.8. The lowest BCUT2D eigenvalue weighted by molar-refractivity contribution is -0.115. The van der Waals surface area contributed by atoms with Gasteiger partial charge in [-0.25, -0.2) is 14.2 Å². The fourth-order valence-electron chi connectivity index (χ4n) is 5.28. The maximum Gasteiger partial charge on any atom is 0.336 e. The van der Waals surface area contributed by atoms with Crippen molar-refractivity contribution in [3.63, 3.8) is 0 Å². The van der Waals surface area contributed by atoms with Gasteiger partial charge in [0, 0.05) is 17.5 Å². The molecule has 0 saturated heterocycles. The molecular formula is C34H27ClFN3O6. The van der Waals surface area contributed by atoms with E-state index in [0.29, 0.717) is 34.2 Å². The van der Waals surface area contributed by atoms with Crippen LogP contribution in [0.1, 0.15) is 39.7 Å². The van der Waals surface area contributed by atoms with Crippen LogP contribution in [0.15, 0.2) is 89.8 Å². The smallest absolute Gasteiger partial charge is 0.336 e. The molecule has 1 unspecified atom stereocenters. The van der Waals surface area contributed by atoms with Gasteiger partial charge in [0.05, 0.1) is 41.7 Å². The summed E-state index contributed by atoms with van der Waals surface area (Å²) in [6.07, 6.45) is 2.92. The molecule has 1 aromatic heterocycles. The number of oxazole rings is 1. The van der Waals surface area contributed by atoms with Crippen molar-refractivity contribution in [2.24, 2.45) is 0 Å². The Morgan fingerprint density at radius 1 is 1.04 bits per heavy atom. The number of benzene rings is 4. The van der Waals surface area contributed by atoms with E-state index >= 15 is 0 Å². The van der Waals surface area contributed by atoms with Gasteiger partial charge in [0.25, 0.3) is 5.79 Å². The van der Waals surface area contributed by atoms with Crippen LogP contribution >= 0.6 is 11.6 Å². The molecule has 0 radical (unpaired) electrons. The second-order valence-electron chi connectivity index (χ2n) is 10.6. The van der Waals surface area contributed by atoms with E-state index in [9.17, 15) is 19.1 Å². The summed E-state index contributed by atoms with van der Waals surface area (Å²) in [5.74, 6) is -1.77. The molecule has 0 bridgehead atoms. The molecule has 0 spiro atoms. The van der Waals surface area contributed by atoms with E-state index in [1.165, 1.54) is 18.5 Å². The fraction of sp³-hybridized carbons (Fsp3) is 0.147. The lowest BCUT2D eigenvalue weighted by Gasteiger charge is -2.24. The summed E-state index contributed by atoms with van der Waals surface area (Å²) in [4.78, 5) is 28.7. The maximum atomic E-state index is 14.8. The molecule has 228 valence electrons.